The van der Waals surface area contributed by atoms with E-state index in [2.05, 4.69) is 0 Å². The van der Waals surface area contributed by atoms with Crippen molar-refractivity contribution in [2.45, 2.75) is 0 Å². The molecule has 0 fully saturated rings. The van der Waals surface area contributed by atoms with Gasteiger partial charge in [-0.1, -0.05) is 0 Å². The monoisotopic (exact) mass is 1800 g/mol. The Balaban J connectivity index is 0. The Morgan fingerprint density at radius 2 is 0.0500 bits per heavy atom. The molecule has 0 aromatic heterocycles. The average Bonchev–Trinajstić information content (AvgIpc) is 0. The zero-order valence-corrected chi connectivity index (χ0v) is 59.2. The summed E-state index contributed by atoms with van der Waals surface area (Å²) in [5, 5.41) is 0. The zero-order valence-electron chi connectivity index (χ0n) is 10.0. The summed E-state index contributed by atoms with van der Waals surface area (Å²) in [6.07, 6.45) is 0. The summed E-state index contributed by atoms with van der Waals surface area (Å²) in [5.41, 5.74) is 0. The van der Waals surface area contributed by atoms with E-state index in [0.29, 0.717) is 0 Å². The van der Waals surface area contributed by atoms with Crippen LogP contribution in [0.2, 0.25) is 0 Å². The minimum absolute atomic E-state index is 0. The third kappa shape index (κ3) is 137. The molecule has 0 aliphatic carbocycles. The molecule has 0 nitrogen and oxygen atoms in total. The minimum Gasteiger partial charge on any atom is 0 e. The van der Waals surface area contributed by atoms with Crippen molar-refractivity contribution in [1.29, 1.82) is 0 Å². The maximum Gasteiger partial charge on any atom is 0 e. The fraction of sp³-hybridized carbons (Fsp3) is 0. The third-order valence-corrected chi connectivity index (χ3v) is 0. The van der Waals surface area contributed by atoms with E-state index in [0.717, 1.165) is 0 Å². The van der Waals surface area contributed by atoms with Gasteiger partial charge in [-0.3, -0.25) is 0 Å². The molecule has 20 heteroatoms. The van der Waals surface area contributed by atoms with Crippen molar-refractivity contribution >= 4 is 0 Å². The van der Waals surface area contributed by atoms with Gasteiger partial charge in [0.05, 0.1) is 0 Å². The first-order valence-corrected chi connectivity index (χ1v) is 0. The zero-order chi connectivity index (χ0) is 0. The van der Waals surface area contributed by atoms with Crippen molar-refractivity contribution in [3.05, 3.63) is 0 Å². The molecule has 0 heterocycles. The second-order valence-electron chi connectivity index (χ2n) is 0. The van der Waals surface area contributed by atoms with Crippen LogP contribution < -0.4 is 0 Å². The van der Waals surface area contributed by atoms with Crippen LogP contribution in [0.15, 0.2) is 0 Å². The van der Waals surface area contributed by atoms with Crippen molar-refractivity contribution in [3.63, 3.8) is 0 Å². The van der Waals surface area contributed by atoms with Crippen LogP contribution in [-0.4, -0.2) is 0 Å². The summed E-state index contributed by atoms with van der Waals surface area (Å²) in [6.45, 7) is 0. The molecule has 0 saturated heterocycles. The van der Waals surface area contributed by atoms with E-state index in [-0.39, 0.29) is 524 Å². The van der Waals surface area contributed by atoms with E-state index in [9.17, 15) is 0 Å². The van der Waals surface area contributed by atoms with E-state index in [1.807, 2.05) is 0 Å². The van der Waals surface area contributed by atoms with Gasteiger partial charge in [0, 0.05) is 524 Å². The van der Waals surface area contributed by atoms with Gasteiger partial charge in [0.15, 0.2) is 0 Å². The summed E-state index contributed by atoms with van der Waals surface area (Å²) in [5.74, 6) is 0. The molecule has 0 aromatic carbocycles. The van der Waals surface area contributed by atoms with Gasteiger partial charge in [-0.2, -0.15) is 0 Å². The van der Waals surface area contributed by atoms with Gasteiger partial charge in [0.2, 0.25) is 0 Å². The van der Waals surface area contributed by atoms with E-state index < -0.39 is 0 Å². The Hall–Kier alpha value is 17.7. The predicted octanol–water partition coefficient (Wildman–Crippen LogP) is -0.0500. The Morgan fingerprint density at radius 1 is 0.0500 bits per heavy atom. The third-order valence-electron chi connectivity index (χ3n) is 0. The van der Waals surface area contributed by atoms with E-state index in [4.69, 9.17) is 0 Å². The van der Waals surface area contributed by atoms with Crippen LogP contribution in [0, 0.1) is 0 Å². The predicted molar refractivity (Wildman–Crippen MR) is 0 cm³/mol. The molecule has 0 aliphatic rings. The first-order chi connectivity index (χ1) is 0. The standard InChI is InChI=1S/20Zr. The van der Waals surface area contributed by atoms with Crippen LogP contribution in [0.3, 0.4) is 0 Å². The molecule has 0 saturated carbocycles. The van der Waals surface area contributed by atoms with Gasteiger partial charge in [0.1, 0.15) is 0 Å². The van der Waals surface area contributed by atoms with Gasteiger partial charge in [-0.25, -0.2) is 0 Å². The Kier molecular flexibility index (Phi) is 1210. The first-order valence-electron chi connectivity index (χ1n) is 0. The normalized spacial score (nSPS) is 0. The smallest absolute Gasteiger partial charge is 0 e. The summed E-state index contributed by atoms with van der Waals surface area (Å²) in [4.78, 5) is 0. The second-order valence-corrected chi connectivity index (χ2v) is 0. The van der Waals surface area contributed by atoms with Gasteiger partial charge in [-0.15, -0.1) is 0 Å². The second kappa shape index (κ2) is 149. The van der Waals surface area contributed by atoms with Crippen LogP contribution in [0.1, 0.15) is 0 Å². The maximum atomic E-state index is 0. The number of hydrogen-bond donors (Lipinski definition) is 0. The molecule has 0 unspecified atom stereocenters. The molecule has 0 amide bonds. The van der Waals surface area contributed by atoms with E-state index in [1.165, 1.54) is 0 Å². The number of hydrogen-bond acceptors (Lipinski definition) is 0. The Morgan fingerprint density at radius 3 is 0.0500 bits per heavy atom. The molecule has 80 valence electrons. The molecule has 0 bridgehead atoms. The van der Waals surface area contributed by atoms with Crippen LogP contribution in [-0.2, 0) is 524 Å². The molecule has 0 aliphatic heterocycles. The van der Waals surface area contributed by atoms with Crippen LogP contribution in [0.25, 0.3) is 0 Å². The Bertz CT molecular complexity index is 0. The molecule has 0 atom stereocenters. The van der Waals surface area contributed by atoms with Gasteiger partial charge in [-0.05, 0) is 0 Å². The van der Waals surface area contributed by atoms with E-state index in [1.54, 1.807) is 0 Å². The van der Waals surface area contributed by atoms with Gasteiger partial charge >= 0.3 is 0 Å². The summed E-state index contributed by atoms with van der Waals surface area (Å²) in [7, 11) is 0. The van der Waals surface area contributed by atoms with Crippen molar-refractivity contribution in [2.75, 3.05) is 0 Å². The molecule has 0 radical (unpaired) electrons. The van der Waals surface area contributed by atoms with Crippen LogP contribution >= 0.6 is 0 Å². The van der Waals surface area contributed by atoms with Crippen molar-refractivity contribution in [1.82, 2.24) is 0 Å². The first kappa shape index (κ1) is 162. The molecule has 0 spiro atoms. The van der Waals surface area contributed by atoms with Crippen molar-refractivity contribution in [3.8, 4) is 0 Å². The summed E-state index contributed by atoms with van der Waals surface area (Å²) in [6, 6.07) is 0. The van der Waals surface area contributed by atoms with Gasteiger partial charge in [0.25, 0.3) is 0 Å². The number of rotatable bonds is 0. The molecule has 0 rings (SSSR count). The molecule has 0 aromatic rings. The fourth-order valence-corrected chi connectivity index (χ4v) is 0. The minimum atomic E-state index is 0. The maximum absolute atomic E-state index is 0. The van der Waals surface area contributed by atoms with Crippen LogP contribution in [0.5, 0.6) is 0 Å². The summed E-state index contributed by atoms with van der Waals surface area (Å²) >= 11 is 0. The topological polar surface area (TPSA) is 0 Å². The Labute approximate surface area is 506 Å². The molecule has 20 heavy (non-hydrogen) atoms. The fourth-order valence-electron chi connectivity index (χ4n) is 0. The van der Waals surface area contributed by atoms with Gasteiger partial charge < -0.3 is 0 Å². The van der Waals surface area contributed by atoms with Crippen molar-refractivity contribution in [2.24, 2.45) is 0 Å². The van der Waals surface area contributed by atoms with E-state index >= 15 is 0 Å². The average molecular weight is 1820 g/mol. The molecule has 0 N–H and O–H groups in total. The summed E-state index contributed by atoms with van der Waals surface area (Å²) < 4.78 is 0. The van der Waals surface area contributed by atoms with Crippen molar-refractivity contribution < 1.29 is 524 Å². The quantitative estimate of drug-likeness (QED) is 0.320. The largest absolute Gasteiger partial charge is 0 e. The SMILES string of the molecule is [Zr].[Zr].[Zr].[Zr].[Zr].[Zr].[Zr].[Zr].[Zr].[Zr].[Zr].[Zr].[Zr].[Zr].[Zr].[Zr].[Zr].[Zr].[Zr].[Zr]. The molecular formula is Zr20. The molecular weight excluding hydrogens is 1820 g/mol. The van der Waals surface area contributed by atoms with Crippen LogP contribution in [0.4, 0.5) is 0 Å².